The molecule has 2 rings (SSSR count). The smallest absolute Gasteiger partial charge is 0.309 e. The van der Waals surface area contributed by atoms with E-state index in [1.54, 1.807) is 24.4 Å². The maximum absolute atomic E-state index is 10.4. The molecule has 0 atom stereocenters. The summed E-state index contributed by atoms with van der Waals surface area (Å²) in [5.41, 5.74) is 1.03. The highest BCUT2D eigenvalue weighted by Gasteiger charge is 2.09. The highest BCUT2D eigenvalue weighted by atomic mass is 16.5. The molecule has 2 aromatic rings. The fourth-order valence-electron chi connectivity index (χ4n) is 1.18. The fourth-order valence-corrected chi connectivity index (χ4v) is 1.18. The van der Waals surface area contributed by atoms with E-state index < -0.39 is 5.97 Å². The minimum absolute atomic E-state index is 0.143. The zero-order valence-corrected chi connectivity index (χ0v) is 7.75. The Kier molecular flexibility index (Phi) is 2.45. The molecule has 0 aliphatic rings. The second kappa shape index (κ2) is 3.91. The van der Waals surface area contributed by atoms with Crippen LogP contribution in [0.5, 0.6) is 0 Å². The third-order valence-electron chi connectivity index (χ3n) is 1.81. The summed E-state index contributed by atoms with van der Waals surface area (Å²) in [7, 11) is 0. The molecule has 5 heteroatoms. The molecule has 1 N–H and O–H groups in total. The van der Waals surface area contributed by atoms with Gasteiger partial charge in [-0.15, -0.1) is 0 Å². The second-order valence-electron chi connectivity index (χ2n) is 2.97. The number of hydrogen-bond donors (Lipinski definition) is 1. The molecule has 2 aromatic heterocycles. The van der Waals surface area contributed by atoms with Crippen LogP contribution in [0.4, 0.5) is 0 Å². The van der Waals surface area contributed by atoms with Crippen LogP contribution in [0.3, 0.4) is 0 Å². The largest absolute Gasteiger partial charge is 0.481 e. The number of carboxylic acid groups (broad SMARTS) is 1. The molecule has 0 fully saturated rings. The van der Waals surface area contributed by atoms with Gasteiger partial charge in [0.25, 0.3) is 0 Å². The molecule has 0 spiro atoms. The molecule has 0 saturated heterocycles. The molecule has 0 amide bonds. The van der Waals surface area contributed by atoms with Crippen LogP contribution < -0.4 is 0 Å². The van der Waals surface area contributed by atoms with Gasteiger partial charge in [0.2, 0.25) is 0 Å². The first-order chi connectivity index (χ1) is 7.25. The second-order valence-corrected chi connectivity index (χ2v) is 2.97. The van der Waals surface area contributed by atoms with Gasteiger partial charge >= 0.3 is 5.97 Å². The van der Waals surface area contributed by atoms with Gasteiger partial charge in [-0.2, -0.15) is 0 Å². The van der Waals surface area contributed by atoms with Crippen molar-refractivity contribution in [3.63, 3.8) is 0 Å². The number of rotatable bonds is 3. The third kappa shape index (κ3) is 2.19. The van der Waals surface area contributed by atoms with E-state index in [0.29, 0.717) is 17.1 Å². The quantitative estimate of drug-likeness (QED) is 0.816. The van der Waals surface area contributed by atoms with Crippen molar-refractivity contribution >= 4 is 5.97 Å². The number of carboxylic acids is 1. The van der Waals surface area contributed by atoms with Crippen LogP contribution in [0, 0.1) is 0 Å². The van der Waals surface area contributed by atoms with Crippen LogP contribution in [0.2, 0.25) is 0 Å². The zero-order chi connectivity index (χ0) is 10.7. The summed E-state index contributed by atoms with van der Waals surface area (Å²) in [5, 5.41) is 12.2. The summed E-state index contributed by atoms with van der Waals surface area (Å²) in [6, 6.07) is 6.96. The topological polar surface area (TPSA) is 76.2 Å². The van der Waals surface area contributed by atoms with Gasteiger partial charge in [0.15, 0.2) is 5.76 Å². The first-order valence-electron chi connectivity index (χ1n) is 4.34. The van der Waals surface area contributed by atoms with Gasteiger partial charge in [0, 0.05) is 12.3 Å². The molecule has 0 saturated carbocycles. The summed E-state index contributed by atoms with van der Waals surface area (Å²) >= 11 is 0. The molecule has 0 unspecified atom stereocenters. The predicted molar refractivity (Wildman–Crippen MR) is 51.1 cm³/mol. The summed E-state index contributed by atoms with van der Waals surface area (Å²) in [6.07, 6.45) is 1.49. The highest BCUT2D eigenvalue weighted by Crippen LogP contribution is 2.17. The molecule has 0 aliphatic heterocycles. The standard InChI is InChI=1S/C10H8N2O3/c13-10(14)6-7-5-9(15-12-7)8-3-1-2-4-11-8/h1-5H,6H2,(H,13,14). The third-order valence-corrected chi connectivity index (χ3v) is 1.81. The number of aromatic nitrogens is 2. The van der Waals surface area contributed by atoms with Gasteiger partial charge in [-0.05, 0) is 12.1 Å². The number of pyridine rings is 1. The Labute approximate surface area is 85.4 Å². The highest BCUT2D eigenvalue weighted by molar-refractivity contribution is 5.70. The molecule has 0 aliphatic carbocycles. The fraction of sp³-hybridized carbons (Fsp3) is 0.100. The van der Waals surface area contributed by atoms with E-state index in [4.69, 9.17) is 9.63 Å². The first kappa shape index (κ1) is 9.39. The van der Waals surface area contributed by atoms with Gasteiger partial charge in [-0.3, -0.25) is 9.78 Å². The average molecular weight is 204 g/mol. The summed E-state index contributed by atoms with van der Waals surface area (Å²) in [4.78, 5) is 14.5. The Morgan fingerprint density at radius 3 is 3.00 bits per heavy atom. The molecule has 2 heterocycles. The van der Waals surface area contributed by atoms with Gasteiger partial charge < -0.3 is 9.63 Å². The lowest BCUT2D eigenvalue weighted by Crippen LogP contribution is -1.99. The maximum atomic E-state index is 10.4. The molecular weight excluding hydrogens is 196 g/mol. The Hall–Kier alpha value is -2.17. The van der Waals surface area contributed by atoms with Gasteiger partial charge in [0.1, 0.15) is 5.69 Å². The maximum Gasteiger partial charge on any atom is 0.309 e. The molecule has 15 heavy (non-hydrogen) atoms. The first-order valence-corrected chi connectivity index (χ1v) is 4.34. The number of aliphatic carboxylic acids is 1. The van der Waals surface area contributed by atoms with E-state index in [9.17, 15) is 4.79 Å². The molecule has 0 radical (unpaired) electrons. The Bertz CT molecular complexity index is 465. The normalized spacial score (nSPS) is 10.1. The van der Waals surface area contributed by atoms with Crippen LogP contribution in [-0.4, -0.2) is 21.2 Å². The minimum Gasteiger partial charge on any atom is -0.481 e. The SMILES string of the molecule is O=C(O)Cc1cc(-c2ccccn2)on1. The minimum atomic E-state index is -0.934. The van der Waals surface area contributed by atoms with Crippen LogP contribution >= 0.6 is 0 Å². The zero-order valence-electron chi connectivity index (χ0n) is 7.75. The van der Waals surface area contributed by atoms with Crippen LogP contribution in [0.25, 0.3) is 11.5 Å². The summed E-state index contributed by atoms with van der Waals surface area (Å²) < 4.78 is 4.98. The van der Waals surface area contributed by atoms with Crippen molar-refractivity contribution in [1.82, 2.24) is 10.1 Å². The Morgan fingerprint density at radius 2 is 2.33 bits per heavy atom. The molecule has 0 aromatic carbocycles. The monoisotopic (exact) mass is 204 g/mol. The van der Waals surface area contributed by atoms with E-state index >= 15 is 0 Å². The van der Waals surface area contributed by atoms with Crippen molar-refractivity contribution in [2.24, 2.45) is 0 Å². The van der Waals surface area contributed by atoms with E-state index in [-0.39, 0.29) is 6.42 Å². The number of carbonyl (C=O) groups is 1. The van der Waals surface area contributed by atoms with E-state index in [2.05, 4.69) is 10.1 Å². The van der Waals surface area contributed by atoms with Crippen LogP contribution in [-0.2, 0) is 11.2 Å². The Morgan fingerprint density at radius 1 is 1.47 bits per heavy atom. The van der Waals surface area contributed by atoms with Crippen molar-refractivity contribution in [2.75, 3.05) is 0 Å². The summed E-state index contributed by atoms with van der Waals surface area (Å²) in [5.74, 6) is -0.456. The van der Waals surface area contributed by atoms with Crippen LogP contribution in [0.1, 0.15) is 5.69 Å². The lowest BCUT2D eigenvalue weighted by molar-refractivity contribution is -0.136. The van der Waals surface area contributed by atoms with E-state index in [0.717, 1.165) is 0 Å². The number of hydrogen-bond acceptors (Lipinski definition) is 4. The Balaban J connectivity index is 2.24. The lowest BCUT2D eigenvalue weighted by Gasteiger charge is -1.90. The predicted octanol–water partition coefficient (Wildman–Crippen LogP) is 1.36. The summed E-state index contributed by atoms with van der Waals surface area (Å²) in [6.45, 7) is 0. The van der Waals surface area contributed by atoms with Gasteiger partial charge in [0.05, 0.1) is 12.1 Å². The number of nitrogens with zero attached hydrogens (tertiary/aromatic N) is 2. The molecule has 0 bridgehead atoms. The molecule has 5 nitrogen and oxygen atoms in total. The van der Waals surface area contributed by atoms with Crippen molar-refractivity contribution in [3.8, 4) is 11.5 Å². The van der Waals surface area contributed by atoms with E-state index in [1.165, 1.54) is 0 Å². The van der Waals surface area contributed by atoms with Gasteiger partial charge in [-0.25, -0.2) is 0 Å². The molecule has 76 valence electrons. The molecular formula is C10H8N2O3. The van der Waals surface area contributed by atoms with Gasteiger partial charge in [-0.1, -0.05) is 11.2 Å². The lowest BCUT2D eigenvalue weighted by atomic mass is 10.2. The van der Waals surface area contributed by atoms with Crippen molar-refractivity contribution < 1.29 is 14.4 Å². The average Bonchev–Trinajstić information content (AvgIpc) is 2.67. The van der Waals surface area contributed by atoms with Crippen LogP contribution in [0.15, 0.2) is 35.0 Å². The van der Waals surface area contributed by atoms with Crippen molar-refractivity contribution in [2.45, 2.75) is 6.42 Å². The van der Waals surface area contributed by atoms with E-state index in [1.807, 2.05) is 6.07 Å². The van der Waals surface area contributed by atoms with Crippen molar-refractivity contribution in [1.29, 1.82) is 0 Å². The van der Waals surface area contributed by atoms with Crippen molar-refractivity contribution in [3.05, 3.63) is 36.2 Å².